The van der Waals surface area contributed by atoms with Crippen LogP contribution in [0.2, 0.25) is 0 Å². The topological polar surface area (TPSA) is 76.4 Å². The molecule has 7 nitrogen and oxygen atoms in total. The van der Waals surface area contributed by atoms with Gasteiger partial charge < -0.3 is 15.4 Å². The Morgan fingerprint density at radius 1 is 1.27 bits per heavy atom. The summed E-state index contributed by atoms with van der Waals surface area (Å²) < 4.78 is 8.25. The molecule has 2 unspecified atom stereocenters. The fourth-order valence-electron chi connectivity index (χ4n) is 4.40. The predicted molar refractivity (Wildman–Crippen MR) is 119 cm³/mol. The first-order valence-corrected chi connectivity index (χ1v) is 11.4. The molecule has 1 aliphatic carbocycles. The number of nitrogens with zero attached hydrogens (tertiary/aromatic N) is 4. The first-order chi connectivity index (χ1) is 14.8. The lowest BCUT2D eigenvalue weighted by Crippen LogP contribution is -2.47. The molecule has 0 spiro atoms. The lowest BCUT2D eigenvalue weighted by atomic mass is 9.89. The number of benzene rings is 1. The fourth-order valence-corrected chi connectivity index (χ4v) is 4.40. The number of nitrogens with one attached hydrogen (secondary N) is 2. The van der Waals surface area contributed by atoms with Crippen molar-refractivity contribution in [3.8, 4) is 0 Å². The minimum atomic E-state index is 0.250. The number of hydrogen-bond donors (Lipinski definition) is 2. The summed E-state index contributed by atoms with van der Waals surface area (Å²) >= 11 is 0. The second-order valence-electron chi connectivity index (χ2n) is 8.16. The van der Waals surface area contributed by atoms with Gasteiger partial charge in [-0.15, -0.1) is 0 Å². The highest BCUT2D eigenvalue weighted by Crippen LogP contribution is 2.32. The van der Waals surface area contributed by atoms with Crippen LogP contribution in [0.3, 0.4) is 0 Å². The molecular formula is C23H34N6O. The molecule has 162 valence electrons. The van der Waals surface area contributed by atoms with Crippen molar-refractivity contribution in [2.24, 2.45) is 4.99 Å². The summed E-state index contributed by atoms with van der Waals surface area (Å²) in [6.07, 6.45) is 7.61. The Labute approximate surface area is 179 Å². The van der Waals surface area contributed by atoms with Gasteiger partial charge in [0.05, 0.1) is 12.6 Å². The number of guanidine groups is 1. The van der Waals surface area contributed by atoms with Crippen LogP contribution < -0.4 is 10.6 Å². The maximum Gasteiger partial charge on any atom is 0.191 e. The molecule has 2 atom stereocenters. The highest BCUT2D eigenvalue weighted by Gasteiger charge is 2.22. The number of hydrogen-bond acceptors (Lipinski definition) is 4. The van der Waals surface area contributed by atoms with Gasteiger partial charge in [0.15, 0.2) is 11.8 Å². The number of ether oxygens (including phenoxy) is 1. The number of aryl methyl sites for hydroxylation is 3. The van der Waals surface area contributed by atoms with Gasteiger partial charge in [0.2, 0.25) is 0 Å². The van der Waals surface area contributed by atoms with Crippen LogP contribution in [-0.4, -0.2) is 47.0 Å². The SMILES string of the molecule is CCc1nc2n(n1)CC(NC(=NC)NCCCOC1CCCc3ccccc31)CC2. The molecule has 2 heterocycles. The first-order valence-electron chi connectivity index (χ1n) is 11.4. The van der Waals surface area contributed by atoms with Crippen molar-refractivity contribution < 1.29 is 4.74 Å². The molecule has 0 saturated carbocycles. The quantitative estimate of drug-likeness (QED) is 0.417. The number of fused-ring (bicyclic) bond motifs is 2. The van der Waals surface area contributed by atoms with Gasteiger partial charge in [0, 0.05) is 39.1 Å². The third-order valence-electron chi connectivity index (χ3n) is 6.03. The molecule has 1 aromatic heterocycles. The molecule has 7 heteroatoms. The molecule has 2 N–H and O–H groups in total. The summed E-state index contributed by atoms with van der Waals surface area (Å²) in [6.45, 7) is 4.54. The van der Waals surface area contributed by atoms with E-state index in [1.54, 1.807) is 0 Å². The molecule has 4 rings (SSSR count). The zero-order valence-electron chi connectivity index (χ0n) is 18.2. The predicted octanol–water partition coefficient (Wildman–Crippen LogP) is 2.80. The molecule has 1 aliphatic heterocycles. The number of aromatic nitrogens is 3. The molecule has 2 aromatic rings. The van der Waals surface area contributed by atoms with E-state index in [1.165, 1.54) is 24.0 Å². The Kier molecular flexibility index (Phi) is 7.00. The van der Waals surface area contributed by atoms with E-state index in [-0.39, 0.29) is 6.10 Å². The van der Waals surface area contributed by atoms with Crippen molar-refractivity contribution in [3.63, 3.8) is 0 Å². The summed E-state index contributed by atoms with van der Waals surface area (Å²) in [7, 11) is 1.82. The summed E-state index contributed by atoms with van der Waals surface area (Å²) in [5, 5.41) is 11.6. The molecule has 30 heavy (non-hydrogen) atoms. The third kappa shape index (κ3) is 5.01. The molecule has 1 aromatic carbocycles. The lowest BCUT2D eigenvalue weighted by Gasteiger charge is -2.26. The van der Waals surface area contributed by atoms with E-state index in [9.17, 15) is 0 Å². The van der Waals surface area contributed by atoms with Crippen LogP contribution in [0.25, 0.3) is 0 Å². The van der Waals surface area contributed by atoms with Gasteiger partial charge in [-0.2, -0.15) is 5.10 Å². The van der Waals surface area contributed by atoms with E-state index in [0.29, 0.717) is 6.04 Å². The van der Waals surface area contributed by atoms with Crippen LogP contribution in [0.1, 0.15) is 61.5 Å². The summed E-state index contributed by atoms with van der Waals surface area (Å²) in [6, 6.07) is 9.03. The average Bonchev–Trinajstić information content (AvgIpc) is 3.20. The second kappa shape index (κ2) is 10.1. The Bertz CT molecular complexity index is 861. The van der Waals surface area contributed by atoms with Crippen LogP contribution in [0.4, 0.5) is 0 Å². The van der Waals surface area contributed by atoms with Crippen LogP contribution in [0.15, 0.2) is 29.3 Å². The molecule has 0 fully saturated rings. The molecular weight excluding hydrogens is 376 g/mol. The molecule has 0 bridgehead atoms. The van der Waals surface area contributed by atoms with Gasteiger partial charge in [-0.25, -0.2) is 9.67 Å². The zero-order chi connectivity index (χ0) is 20.8. The van der Waals surface area contributed by atoms with Gasteiger partial charge in [-0.1, -0.05) is 31.2 Å². The Morgan fingerprint density at radius 2 is 2.17 bits per heavy atom. The largest absolute Gasteiger partial charge is 0.373 e. The van der Waals surface area contributed by atoms with Crippen molar-refractivity contribution in [1.82, 2.24) is 25.4 Å². The highest BCUT2D eigenvalue weighted by atomic mass is 16.5. The van der Waals surface area contributed by atoms with Crippen molar-refractivity contribution in [2.45, 2.75) is 70.6 Å². The lowest BCUT2D eigenvalue weighted by molar-refractivity contribution is 0.0398. The molecule has 2 aliphatic rings. The monoisotopic (exact) mass is 410 g/mol. The third-order valence-corrected chi connectivity index (χ3v) is 6.03. The smallest absolute Gasteiger partial charge is 0.191 e. The van der Waals surface area contributed by atoms with Gasteiger partial charge >= 0.3 is 0 Å². The molecule has 0 radical (unpaired) electrons. The van der Waals surface area contributed by atoms with Gasteiger partial charge in [0.25, 0.3) is 0 Å². The Morgan fingerprint density at radius 3 is 3.03 bits per heavy atom. The zero-order valence-corrected chi connectivity index (χ0v) is 18.2. The number of aliphatic imine (C=N–C) groups is 1. The molecule has 0 amide bonds. The van der Waals surface area contributed by atoms with E-state index < -0.39 is 0 Å². The Hall–Kier alpha value is -2.41. The minimum absolute atomic E-state index is 0.250. The maximum atomic E-state index is 6.21. The summed E-state index contributed by atoms with van der Waals surface area (Å²) in [5.41, 5.74) is 2.83. The van der Waals surface area contributed by atoms with Crippen molar-refractivity contribution in [2.75, 3.05) is 20.2 Å². The Balaban J connectivity index is 1.18. The van der Waals surface area contributed by atoms with E-state index in [1.807, 2.05) is 11.7 Å². The summed E-state index contributed by atoms with van der Waals surface area (Å²) in [4.78, 5) is 8.98. The van der Waals surface area contributed by atoms with E-state index >= 15 is 0 Å². The van der Waals surface area contributed by atoms with E-state index in [4.69, 9.17) is 4.74 Å². The van der Waals surface area contributed by atoms with Crippen LogP contribution in [-0.2, 0) is 30.5 Å². The summed E-state index contributed by atoms with van der Waals surface area (Å²) in [5.74, 6) is 2.89. The van der Waals surface area contributed by atoms with Crippen LogP contribution >= 0.6 is 0 Å². The molecule has 0 saturated heterocycles. The highest BCUT2D eigenvalue weighted by molar-refractivity contribution is 5.79. The van der Waals surface area contributed by atoms with Gasteiger partial charge in [-0.05, 0) is 43.2 Å². The normalized spacial score (nSPS) is 21.1. The minimum Gasteiger partial charge on any atom is -0.373 e. The van der Waals surface area contributed by atoms with Gasteiger partial charge in [0.1, 0.15) is 5.82 Å². The van der Waals surface area contributed by atoms with E-state index in [0.717, 1.165) is 69.4 Å². The van der Waals surface area contributed by atoms with Crippen LogP contribution in [0.5, 0.6) is 0 Å². The number of rotatable bonds is 7. The standard InChI is InChI=1S/C23H34N6O/c1-3-21-27-22-13-12-18(16-29(22)28-21)26-23(24-2)25-14-7-15-30-20-11-6-9-17-8-4-5-10-19(17)20/h4-5,8,10,18,20H,3,6-7,9,11-16H2,1-2H3,(H2,24,25,26). The van der Waals surface area contributed by atoms with Crippen molar-refractivity contribution in [3.05, 3.63) is 47.0 Å². The fraction of sp³-hybridized carbons (Fsp3) is 0.609. The first kappa shape index (κ1) is 20.8. The van der Waals surface area contributed by atoms with Crippen LogP contribution in [0, 0.1) is 0 Å². The van der Waals surface area contributed by atoms with Gasteiger partial charge in [-0.3, -0.25) is 4.99 Å². The van der Waals surface area contributed by atoms with Crippen molar-refractivity contribution in [1.29, 1.82) is 0 Å². The maximum absolute atomic E-state index is 6.21. The average molecular weight is 411 g/mol. The van der Waals surface area contributed by atoms with E-state index in [2.05, 4.69) is 56.9 Å². The second-order valence-corrected chi connectivity index (χ2v) is 8.16. The van der Waals surface area contributed by atoms with Crippen molar-refractivity contribution >= 4 is 5.96 Å².